The van der Waals surface area contributed by atoms with Crippen molar-refractivity contribution in [1.29, 1.82) is 5.26 Å². The molecule has 8 rings (SSSR count). The van der Waals surface area contributed by atoms with E-state index in [-0.39, 0.29) is 13.0 Å². The van der Waals surface area contributed by atoms with Crippen LogP contribution in [0.3, 0.4) is 0 Å². The number of fused-ring (bicyclic) bond motifs is 3. The zero-order chi connectivity index (χ0) is 36.5. The van der Waals surface area contributed by atoms with Crippen LogP contribution in [0, 0.1) is 11.3 Å². The molecule has 53 heavy (non-hydrogen) atoms. The van der Waals surface area contributed by atoms with Crippen LogP contribution in [-0.4, -0.2) is 34.8 Å². The smallest absolute Gasteiger partial charge is 0.287 e. The number of nitrogens with zero attached hydrogens (tertiary/aromatic N) is 6. The molecule has 11 heteroatoms. The van der Waals surface area contributed by atoms with E-state index < -0.39 is 15.9 Å². The normalized spacial score (nSPS) is 13.8. The molecule has 0 aliphatic carbocycles. The molecule has 0 saturated heterocycles. The number of benzene rings is 5. The quantitative estimate of drug-likeness (QED) is 0.103. The minimum absolute atomic E-state index is 0.117. The number of aryl methyl sites for hydroxylation is 1. The monoisotopic (exact) mass is 718 g/mol. The van der Waals surface area contributed by atoms with Crippen molar-refractivity contribution in [3.05, 3.63) is 151 Å². The molecule has 262 valence electrons. The van der Waals surface area contributed by atoms with Crippen LogP contribution in [0.15, 0.2) is 144 Å². The van der Waals surface area contributed by atoms with Crippen molar-refractivity contribution < 1.29 is 22.0 Å². The summed E-state index contributed by atoms with van der Waals surface area (Å²) in [6, 6.07) is 41.7. The van der Waals surface area contributed by atoms with Gasteiger partial charge in [0.1, 0.15) is 17.0 Å². The zero-order valence-electron chi connectivity index (χ0n) is 28.8. The Morgan fingerprint density at radius 3 is 2.34 bits per heavy atom. The van der Waals surface area contributed by atoms with E-state index in [9.17, 15) is 18.2 Å². The highest BCUT2D eigenvalue weighted by Crippen LogP contribution is 2.47. The third-order valence-electron chi connectivity index (χ3n) is 9.31. The van der Waals surface area contributed by atoms with E-state index in [1.807, 2.05) is 102 Å². The Bertz CT molecular complexity index is 2660. The number of anilines is 3. The molecule has 3 heterocycles. The Labute approximate surface area is 307 Å². The summed E-state index contributed by atoms with van der Waals surface area (Å²) in [6.45, 7) is 3.04. The molecule has 1 aliphatic rings. The number of para-hydroxylation sites is 4. The molecule has 0 fully saturated rings. The molecule has 0 spiro atoms. The Balaban J connectivity index is 1.27. The van der Waals surface area contributed by atoms with Gasteiger partial charge in [-0.15, -0.1) is 0 Å². The van der Waals surface area contributed by atoms with Gasteiger partial charge in [-0.25, -0.2) is 18.0 Å². The molecule has 0 bridgehead atoms. The minimum atomic E-state index is -4.41. The second-order valence-corrected chi connectivity index (χ2v) is 14.1. The van der Waals surface area contributed by atoms with Crippen molar-refractivity contribution in [1.82, 2.24) is 9.55 Å². The number of nitriles is 1. The molecule has 0 N–H and O–H groups in total. The minimum Gasteiger partial charge on any atom is -0.748 e. The average molecular weight is 719 g/mol. The van der Waals surface area contributed by atoms with Gasteiger partial charge in [-0.2, -0.15) is 9.83 Å². The molecule has 0 radical (unpaired) electrons. The molecule has 10 nitrogen and oxygen atoms in total. The summed E-state index contributed by atoms with van der Waals surface area (Å²) in [5.74, 6) is 1.74. The first-order valence-corrected chi connectivity index (χ1v) is 18.9. The molecule has 0 amide bonds. The van der Waals surface area contributed by atoms with Crippen LogP contribution in [0.4, 0.5) is 17.1 Å². The van der Waals surface area contributed by atoms with E-state index >= 15 is 0 Å². The van der Waals surface area contributed by atoms with E-state index in [4.69, 9.17) is 9.40 Å². The number of oxazole rings is 1. The van der Waals surface area contributed by atoms with Gasteiger partial charge in [-0.3, -0.25) is 4.90 Å². The van der Waals surface area contributed by atoms with Gasteiger partial charge in [0.25, 0.3) is 5.82 Å². The van der Waals surface area contributed by atoms with Crippen LogP contribution in [0.2, 0.25) is 0 Å². The first-order chi connectivity index (χ1) is 25.8. The van der Waals surface area contributed by atoms with Crippen LogP contribution >= 0.6 is 0 Å². The van der Waals surface area contributed by atoms with Crippen LogP contribution in [0.5, 0.6) is 0 Å². The van der Waals surface area contributed by atoms with Gasteiger partial charge in [0, 0.05) is 35.7 Å². The number of aromatic nitrogens is 3. The van der Waals surface area contributed by atoms with Crippen molar-refractivity contribution in [3.63, 3.8) is 0 Å². The molecule has 0 saturated carbocycles. The molecule has 2 aromatic heterocycles. The molecular weight excluding hydrogens is 685 g/mol. The van der Waals surface area contributed by atoms with Crippen molar-refractivity contribution in [2.45, 2.75) is 19.9 Å². The van der Waals surface area contributed by atoms with E-state index in [0.29, 0.717) is 18.0 Å². The molecule has 0 atom stereocenters. The van der Waals surface area contributed by atoms with Gasteiger partial charge < -0.3 is 13.9 Å². The summed E-state index contributed by atoms with van der Waals surface area (Å²) in [5.41, 5.74) is 8.38. The first-order valence-electron chi connectivity index (χ1n) is 17.3. The van der Waals surface area contributed by atoms with Gasteiger partial charge in [0.05, 0.1) is 39.7 Å². The van der Waals surface area contributed by atoms with Crippen molar-refractivity contribution in [2.24, 2.45) is 0 Å². The Morgan fingerprint density at radius 2 is 1.62 bits per heavy atom. The Hall–Kier alpha value is -6.48. The predicted molar refractivity (Wildman–Crippen MR) is 206 cm³/mol. The van der Waals surface area contributed by atoms with E-state index in [1.165, 1.54) is 0 Å². The van der Waals surface area contributed by atoms with E-state index in [1.54, 1.807) is 12.1 Å². The fourth-order valence-corrected chi connectivity index (χ4v) is 7.49. The molecule has 0 unspecified atom stereocenters. The van der Waals surface area contributed by atoms with Crippen molar-refractivity contribution >= 4 is 55.4 Å². The van der Waals surface area contributed by atoms with Crippen LogP contribution in [0.1, 0.15) is 24.7 Å². The lowest BCUT2D eigenvalue weighted by Crippen LogP contribution is -2.37. The summed E-state index contributed by atoms with van der Waals surface area (Å²) >= 11 is 0. The fourth-order valence-electron chi connectivity index (χ4n) is 7.00. The predicted octanol–water partition coefficient (Wildman–Crippen LogP) is 8.07. The number of hydrogen-bond donors (Lipinski definition) is 0. The van der Waals surface area contributed by atoms with Crippen LogP contribution in [-0.2, 0) is 16.7 Å². The summed E-state index contributed by atoms with van der Waals surface area (Å²) in [7, 11) is -4.41. The van der Waals surface area contributed by atoms with Gasteiger partial charge >= 0.3 is 0 Å². The zero-order valence-corrected chi connectivity index (χ0v) is 29.6. The van der Waals surface area contributed by atoms with Crippen LogP contribution in [0.25, 0.3) is 45.4 Å². The van der Waals surface area contributed by atoms with Gasteiger partial charge in [0.2, 0.25) is 5.89 Å². The SMILES string of the molecule is CCN1/C(=C/C=C/c2n(-c3ccccc3)c3ccc(C#N)cc3[n+]2CCCS(=O)(=O)[O-])N(c2ccccc2)c2ccc(-c3nc4ccccc4o3)cc21. The number of allylic oxidation sites excluding steroid dienone is 2. The Kier molecular flexibility index (Phi) is 8.84. The van der Waals surface area contributed by atoms with E-state index in [0.717, 1.165) is 62.1 Å². The second kappa shape index (κ2) is 13.9. The lowest BCUT2D eigenvalue weighted by Gasteiger charge is -2.24. The summed E-state index contributed by atoms with van der Waals surface area (Å²) in [4.78, 5) is 9.21. The first kappa shape index (κ1) is 33.7. The van der Waals surface area contributed by atoms with Gasteiger partial charge in [0.15, 0.2) is 16.6 Å². The highest BCUT2D eigenvalue weighted by Gasteiger charge is 2.32. The molecule has 7 aromatic rings. The van der Waals surface area contributed by atoms with Gasteiger partial charge in [-0.05, 0) is 86.2 Å². The summed E-state index contributed by atoms with van der Waals surface area (Å²) < 4.78 is 45.0. The maximum atomic E-state index is 11.6. The molecule has 1 aliphatic heterocycles. The molecular formula is C42H34N6O4S. The summed E-state index contributed by atoms with van der Waals surface area (Å²) in [5, 5.41) is 9.76. The largest absolute Gasteiger partial charge is 0.748 e. The lowest BCUT2D eigenvalue weighted by molar-refractivity contribution is -0.673. The van der Waals surface area contributed by atoms with Crippen molar-refractivity contribution in [2.75, 3.05) is 22.1 Å². The topological polar surface area (TPSA) is 122 Å². The summed E-state index contributed by atoms with van der Waals surface area (Å²) in [6.07, 6.45) is 6.16. The number of rotatable bonds is 10. The van der Waals surface area contributed by atoms with Gasteiger partial charge in [-0.1, -0.05) is 54.6 Å². The highest BCUT2D eigenvalue weighted by atomic mass is 32.2. The standard InChI is InChI=1S/C42H34N6O4S/c1-2-45-38-28-31(42-44-34-17-9-10-18-39(34)52-42)22-24-36(38)47(32-13-5-3-6-14-32)40(45)19-11-20-41-46(25-12-26-53(49,50)51)37-27-30(29-43)21-23-35(37)48(41)33-15-7-4-8-16-33/h3-11,13-24,27-28H,2,12,25-26H2,1H3. The van der Waals surface area contributed by atoms with Crippen molar-refractivity contribution in [3.8, 4) is 23.2 Å². The lowest BCUT2D eigenvalue weighted by atomic mass is 10.1. The molecule has 5 aromatic carbocycles. The maximum absolute atomic E-state index is 11.6. The average Bonchev–Trinajstić information content (AvgIpc) is 3.84. The number of hydrogen-bond acceptors (Lipinski definition) is 8. The second-order valence-electron chi connectivity index (χ2n) is 12.6. The third kappa shape index (κ3) is 6.46. The fraction of sp³-hybridized carbons (Fsp3) is 0.119. The number of imidazole rings is 1. The highest BCUT2D eigenvalue weighted by molar-refractivity contribution is 7.85. The maximum Gasteiger partial charge on any atom is 0.287 e. The Morgan fingerprint density at radius 1 is 0.887 bits per heavy atom. The third-order valence-corrected chi connectivity index (χ3v) is 10.1. The van der Waals surface area contributed by atoms with E-state index in [2.05, 4.69) is 57.7 Å². The van der Waals surface area contributed by atoms with Crippen LogP contribution < -0.4 is 14.4 Å².